The molecule has 1 aromatic heterocycles. The van der Waals surface area contributed by atoms with E-state index in [1.807, 2.05) is 6.92 Å². The molecule has 1 aromatic carbocycles. The first-order valence-corrected chi connectivity index (χ1v) is 4.83. The lowest BCUT2D eigenvalue weighted by Crippen LogP contribution is -2.00. The predicted molar refractivity (Wildman–Crippen MR) is 58.2 cm³/mol. The summed E-state index contributed by atoms with van der Waals surface area (Å²) in [4.78, 5) is 11.1. The normalized spacial score (nSPS) is 10.9. The molecule has 1 N–H and O–H groups in total. The van der Waals surface area contributed by atoms with Crippen molar-refractivity contribution in [2.45, 2.75) is 13.5 Å². The maximum Gasteiger partial charge on any atom is 0.336 e. The molecule has 0 unspecified atom stereocenters. The summed E-state index contributed by atoms with van der Waals surface area (Å²) in [5.74, 6) is 0. The molecule has 4 heteroatoms. The van der Waals surface area contributed by atoms with Gasteiger partial charge in [0, 0.05) is 16.5 Å². The van der Waals surface area contributed by atoms with Crippen molar-refractivity contribution in [3.63, 3.8) is 0 Å². The molecule has 0 saturated carbocycles. The van der Waals surface area contributed by atoms with E-state index < -0.39 is 5.63 Å². The fraction of sp³-hybridized carbons (Fsp3) is 0.182. The van der Waals surface area contributed by atoms with E-state index in [2.05, 4.69) is 0 Å². The average molecular weight is 225 g/mol. The minimum Gasteiger partial charge on any atom is -0.423 e. The molecule has 0 aliphatic carbocycles. The lowest BCUT2D eigenvalue weighted by molar-refractivity contribution is 0.282. The van der Waals surface area contributed by atoms with Crippen LogP contribution in [0, 0.1) is 6.92 Å². The SMILES string of the molecule is Cc1cc2oc(=O)cc(CO)c2cc1Cl. The Morgan fingerprint density at radius 3 is 2.80 bits per heavy atom. The van der Waals surface area contributed by atoms with Crippen molar-refractivity contribution in [3.8, 4) is 0 Å². The van der Waals surface area contributed by atoms with Gasteiger partial charge in [-0.1, -0.05) is 11.6 Å². The van der Waals surface area contributed by atoms with Gasteiger partial charge in [-0.2, -0.15) is 0 Å². The van der Waals surface area contributed by atoms with Crippen LogP contribution in [0.4, 0.5) is 0 Å². The fourth-order valence-corrected chi connectivity index (χ4v) is 1.64. The van der Waals surface area contributed by atoms with Crippen LogP contribution in [0.15, 0.2) is 27.4 Å². The predicted octanol–water partition coefficient (Wildman–Crippen LogP) is 2.25. The Bertz CT molecular complexity index is 572. The number of benzene rings is 1. The standard InChI is InChI=1S/C11H9ClO3/c1-6-2-10-8(4-9(6)12)7(5-13)3-11(14)15-10/h2-4,13H,5H2,1H3. The summed E-state index contributed by atoms with van der Waals surface area (Å²) in [5, 5.41) is 10.4. The van der Waals surface area contributed by atoms with Gasteiger partial charge in [-0.25, -0.2) is 4.79 Å². The third kappa shape index (κ3) is 1.76. The Kier molecular flexibility index (Phi) is 2.50. The van der Waals surface area contributed by atoms with E-state index in [1.54, 1.807) is 12.1 Å². The number of aryl methyl sites for hydroxylation is 1. The zero-order valence-electron chi connectivity index (χ0n) is 8.08. The van der Waals surface area contributed by atoms with E-state index in [1.165, 1.54) is 6.07 Å². The Balaban J connectivity index is 2.90. The highest BCUT2D eigenvalue weighted by Gasteiger charge is 2.07. The summed E-state index contributed by atoms with van der Waals surface area (Å²) >= 11 is 5.95. The van der Waals surface area contributed by atoms with Crippen molar-refractivity contribution in [3.05, 3.63) is 44.8 Å². The number of hydrogen-bond donors (Lipinski definition) is 1. The molecule has 0 saturated heterocycles. The summed E-state index contributed by atoms with van der Waals surface area (Å²) in [6.07, 6.45) is 0. The molecule has 15 heavy (non-hydrogen) atoms. The Labute approximate surface area is 90.9 Å². The van der Waals surface area contributed by atoms with Crippen molar-refractivity contribution >= 4 is 22.6 Å². The van der Waals surface area contributed by atoms with E-state index >= 15 is 0 Å². The van der Waals surface area contributed by atoms with Gasteiger partial charge in [0.1, 0.15) is 5.58 Å². The highest BCUT2D eigenvalue weighted by atomic mass is 35.5. The molecule has 0 amide bonds. The summed E-state index contributed by atoms with van der Waals surface area (Å²) in [5.41, 5.74) is 1.35. The Hall–Kier alpha value is -1.32. The number of aliphatic hydroxyl groups excluding tert-OH is 1. The molecule has 78 valence electrons. The summed E-state index contributed by atoms with van der Waals surface area (Å²) in [6, 6.07) is 4.66. The molecule has 0 radical (unpaired) electrons. The lowest BCUT2D eigenvalue weighted by Gasteiger charge is -2.04. The van der Waals surface area contributed by atoms with Crippen LogP contribution in [0.1, 0.15) is 11.1 Å². The molecule has 0 bridgehead atoms. The molecule has 0 aliphatic heterocycles. The minimum atomic E-state index is -0.465. The minimum absolute atomic E-state index is 0.207. The molecule has 3 nitrogen and oxygen atoms in total. The first kappa shape index (κ1) is 10.2. The van der Waals surface area contributed by atoms with Gasteiger partial charge >= 0.3 is 5.63 Å². The van der Waals surface area contributed by atoms with Gasteiger partial charge < -0.3 is 9.52 Å². The third-order valence-electron chi connectivity index (χ3n) is 2.28. The largest absolute Gasteiger partial charge is 0.423 e. The maximum atomic E-state index is 11.1. The van der Waals surface area contributed by atoms with Gasteiger partial charge in [0.15, 0.2) is 0 Å². The second kappa shape index (κ2) is 3.68. The van der Waals surface area contributed by atoms with Gasteiger partial charge in [0.2, 0.25) is 0 Å². The van der Waals surface area contributed by atoms with Gasteiger partial charge in [-0.3, -0.25) is 0 Å². The molecule has 0 aliphatic rings. The molecular formula is C11H9ClO3. The molecule has 2 aromatic rings. The monoisotopic (exact) mass is 224 g/mol. The first-order valence-electron chi connectivity index (χ1n) is 4.45. The quantitative estimate of drug-likeness (QED) is 0.756. The van der Waals surface area contributed by atoms with Gasteiger partial charge in [-0.05, 0) is 30.2 Å². The van der Waals surface area contributed by atoms with Crippen molar-refractivity contribution in [2.24, 2.45) is 0 Å². The van der Waals surface area contributed by atoms with Crippen molar-refractivity contribution < 1.29 is 9.52 Å². The van der Waals surface area contributed by atoms with Crippen molar-refractivity contribution in [1.29, 1.82) is 0 Å². The van der Waals surface area contributed by atoms with Crippen LogP contribution in [0.25, 0.3) is 11.0 Å². The summed E-state index contributed by atoms with van der Waals surface area (Å²) in [6.45, 7) is 1.62. The van der Waals surface area contributed by atoms with Crippen LogP contribution in [-0.2, 0) is 6.61 Å². The first-order chi connectivity index (χ1) is 7.11. The second-order valence-corrected chi connectivity index (χ2v) is 3.75. The Morgan fingerprint density at radius 2 is 2.13 bits per heavy atom. The summed E-state index contributed by atoms with van der Waals surface area (Å²) in [7, 11) is 0. The van der Waals surface area contributed by atoms with Gasteiger partial charge in [0.25, 0.3) is 0 Å². The third-order valence-corrected chi connectivity index (χ3v) is 2.69. The molecule has 1 heterocycles. The van der Waals surface area contributed by atoms with Gasteiger partial charge in [-0.15, -0.1) is 0 Å². The van der Waals surface area contributed by atoms with E-state index in [-0.39, 0.29) is 6.61 Å². The molecule has 2 rings (SSSR count). The van der Waals surface area contributed by atoms with Crippen LogP contribution < -0.4 is 5.63 Å². The number of rotatable bonds is 1. The summed E-state index contributed by atoms with van der Waals surface area (Å²) < 4.78 is 5.01. The van der Waals surface area contributed by atoms with Crippen molar-refractivity contribution in [2.75, 3.05) is 0 Å². The van der Waals surface area contributed by atoms with Crippen LogP contribution in [-0.4, -0.2) is 5.11 Å². The smallest absolute Gasteiger partial charge is 0.336 e. The highest BCUT2D eigenvalue weighted by molar-refractivity contribution is 6.32. The number of fused-ring (bicyclic) bond motifs is 1. The number of aliphatic hydroxyl groups is 1. The zero-order valence-corrected chi connectivity index (χ0v) is 8.84. The van der Waals surface area contributed by atoms with E-state index in [0.717, 1.165) is 5.56 Å². The topological polar surface area (TPSA) is 50.4 Å². The van der Waals surface area contributed by atoms with Crippen molar-refractivity contribution in [1.82, 2.24) is 0 Å². The zero-order chi connectivity index (χ0) is 11.0. The number of hydrogen-bond acceptors (Lipinski definition) is 3. The van der Waals surface area contributed by atoms with E-state index in [4.69, 9.17) is 21.1 Å². The number of halogens is 1. The van der Waals surface area contributed by atoms with E-state index in [0.29, 0.717) is 21.6 Å². The molecule has 0 spiro atoms. The highest BCUT2D eigenvalue weighted by Crippen LogP contribution is 2.24. The average Bonchev–Trinajstić information content (AvgIpc) is 2.19. The van der Waals surface area contributed by atoms with E-state index in [9.17, 15) is 4.79 Å². The van der Waals surface area contributed by atoms with Gasteiger partial charge in [0.05, 0.1) is 6.61 Å². The van der Waals surface area contributed by atoms with Crippen LogP contribution in [0.2, 0.25) is 5.02 Å². The lowest BCUT2D eigenvalue weighted by atomic mass is 10.1. The second-order valence-electron chi connectivity index (χ2n) is 3.35. The van der Waals surface area contributed by atoms with Crippen LogP contribution in [0.3, 0.4) is 0 Å². The van der Waals surface area contributed by atoms with Crippen LogP contribution >= 0.6 is 11.6 Å². The van der Waals surface area contributed by atoms with Crippen LogP contribution in [0.5, 0.6) is 0 Å². The fourth-order valence-electron chi connectivity index (χ4n) is 1.48. The maximum absolute atomic E-state index is 11.1. The molecular weight excluding hydrogens is 216 g/mol. The molecule has 0 fully saturated rings. The Morgan fingerprint density at radius 1 is 1.40 bits per heavy atom. The molecule has 0 atom stereocenters.